The second-order valence-corrected chi connectivity index (χ2v) is 41.7. The molecule has 0 aromatic heterocycles. The van der Waals surface area contributed by atoms with Crippen LogP contribution in [0.2, 0.25) is 10.1 Å². The van der Waals surface area contributed by atoms with Crippen LogP contribution in [-0.2, 0) is 44.0 Å². The van der Waals surface area contributed by atoms with Crippen molar-refractivity contribution in [2.24, 2.45) is 0 Å². The minimum Gasteiger partial charge on any atom is -0.507 e. The lowest BCUT2D eigenvalue weighted by Crippen LogP contribution is -2.70. The lowest BCUT2D eigenvalue weighted by molar-refractivity contribution is -0.0819. The Balaban J connectivity index is 0.000000179. The van der Waals surface area contributed by atoms with Gasteiger partial charge in [0.15, 0.2) is 59.6 Å². The minimum atomic E-state index is -3.04. The monoisotopic (exact) mass is 1560 g/mol. The largest absolute Gasteiger partial charge is 0.507 e. The summed E-state index contributed by atoms with van der Waals surface area (Å²) in [5, 5.41) is 38.9. The van der Waals surface area contributed by atoms with E-state index in [0.717, 1.165) is 66.9 Å². The number of likely N-dealkylation sites (N-methyl/N-ethyl adjacent to an activating group) is 2. The Hall–Kier alpha value is -9.41. The van der Waals surface area contributed by atoms with Crippen LogP contribution in [0, 0.1) is 50.4 Å². The topological polar surface area (TPSA) is 201 Å². The number of aromatic hydroxyl groups is 1. The molecule has 4 bridgehead atoms. The van der Waals surface area contributed by atoms with E-state index in [1.54, 1.807) is 34.5 Å². The molecule has 2 fully saturated rings. The van der Waals surface area contributed by atoms with E-state index in [0.29, 0.717) is 90.5 Å². The number of phenolic OH excluding ortho intramolecular Hbond substituents is 1. The zero-order chi connectivity index (χ0) is 79.7. The van der Waals surface area contributed by atoms with E-state index >= 15 is 0 Å². The fourth-order valence-corrected chi connectivity index (χ4v) is 29.9. The minimum absolute atomic E-state index is 0.0557. The Bertz CT molecular complexity index is 4890. The fourth-order valence-electron chi connectivity index (χ4n) is 20.7. The van der Waals surface area contributed by atoms with Crippen molar-refractivity contribution in [3.63, 3.8) is 0 Å². The zero-order valence-electron chi connectivity index (χ0n) is 68.0. The SMILES string of the molecule is C=CCOc1c(C)c2c(c3c1CC1[C@H]4c5c(cc(C)c(OC)c5OCOC)C[C@@H]([C@H](C#N)N1[C@H]3CO[Si](c1ccccc1)(c1ccccc1)C(C)(C)C)N4C)OCO2.COCOc1c(OC)c(C)cc2c1[C@@H]1C3Cc4c(O)c(C)c5c(c4[C@H](CO[Si](c4ccccc4)(c4ccccc4)C(C)(C)C)N3[C@@H](C#N)[C@H](C2)N1C)OCO5. The van der Waals surface area contributed by atoms with Crippen LogP contribution in [-0.4, -0.2) is 167 Å². The van der Waals surface area contributed by atoms with Crippen molar-refractivity contribution in [1.82, 2.24) is 19.6 Å². The van der Waals surface area contributed by atoms with Crippen LogP contribution in [0.1, 0.15) is 132 Å². The molecule has 2 saturated heterocycles. The fraction of sp³-hybridized carbons (Fsp3) is 0.429. The van der Waals surface area contributed by atoms with E-state index in [2.05, 4.69) is 215 Å². The van der Waals surface area contributed by atoms with Gasteiger partial charge in [-0.15, -0.1) is 0 Å². The summed E-state index contributed by atoms with van der Waals surface area (Å²) in [6.45, 7) is 26.8. The van der Waals surface area contributed by atoms with Crippen LogP contribution in [0.5, 0.6) is 57.5 Å². The molecule has 8 aromatic carbocycles. The van der Waals surface area contributed by atoms with E-state index in [-0.39, 0.29) is 85.9 Å². The molecule has 0 amide bonds. The molecule has 16 rings (SSSR count). The van der Waals surface area contributed by atoms with Gasteiger partial charge in [-0.05, 0) is 121 Å². The first-order valence-electron chi connectivity index (χ1n) is 39.2. The first-order valence-corrected chi connectivity index (χ1v) is 43.1. The average Bonchev–Trinajstić information content (AvgIpc) is 1.47. The molecule has 22 heteroatoms. The lowest BCUT2D eigenvalue weighted by Gasteiger charge is -2.60. The van der Waals surface area contributed by atoms with Crippen LogP contribution < -0.4 is 63.4 Å². The van der Waals surface area contributed by atoms with Crippen molar-refractivity contribution in [2.45, 2.75) is 165 Å². The van der Waals surface area contributed by atoms with Gasteiger partial charge >= 0.3 is 0 Å². The summed E-state index contributed by atoms with van der Waals surface area (Å²) in [5.74, 6) is 6.21. The molecule has 0 spiro atoms. The van der Waals surface area contributed by atoms with Crippen molar-refractivity contribution < 1.29 is 66.1 Å². The van der Waals surface area contributed by atoms with Crippen molar-refractivity contribution in [2.75, 3.05) is 89.5 Å². The van der Waals surface area contributed by atoms with E-state index < -0.39 is 40.8 Å². The summed E-state index contributed by atoms with van der Waals surface area (Å²) in [4.78, 5) is 9.55. The highest BCUT2D eigenvalue weighted by Gasteiger charge is 2.62. The van der Waals surface area contributed by atoms with Gasteiger partial charge in [0.25, 0.3) is 16.6 Å². The number of rotatable bonds is 21. The predicted octanol–water partition coefficient (Wildman–Crippen LogP) is 13.0. The quantitative estimate of drug-likeness (QED) is 0.0404. The molecule has 8 heterocycles. The van der Waals surface area contributed by atoms with E-state index in [9.17, 15) is 15.6 Å². The molecule has 8 aliphatic rings. The van der Waals surface area contributed by atoms with Crippen molar-refractivity contribution in [1.29, 1.82) is 10.5 Å². The van der Waals surface area contributed by atoms with Crippen LogP contribution in [0.25, 0.3) is 0 Å². The van der Waals surface area contributed by atoms with Gasteiger partial charge in [-0.1, -0.05) is 188 Å². The molecule has 2 unspecified atom stereocenters. The number of hydrogen-bond acceptors (Lipinski definition) is 20. The number of nitrogens with zero attached hydrogens (tertiary/aromatic N) is 6. The Kier molecular flexibility index (Phi) is 21.9. The maximum absolute atomic E-state index is 12.1. The summed E-state index contributed by atoms with van der Waals surface area (Å²) in [6, 6.07) is 49.7. The number of aryl methyl sites for hydroxylation is 2. The standard InChI is InChI=1S/C47H55N3O7Si.C44H51N3O7Si/c1-10-21-53-43-30(3)44-46(56-28-55-44)40-34(43)24-36-41-39-31(22-29(2)42(52-9)45(39)54-27-51-8)23-35(49(41)7)37(25-48)50(36)38(40)26-57-58(47(4,5)6,32-17-13-11-14-18-32)33-19-15-12-16-20-33;1-26-19-28-20-32-34(22-45)47-33(38(46(32)6)36(28)42(40(26)50-8)51-24-49-7)21-31-37(43-41(52-25-53-43)27(2)39(31)48)35(47)23-54-55(44(3,4)5,29-15-11-9-12-16-29)30-17-13-10-14-18-30/h10-20,22,35-38,41H,1,21,23-24,26-28H2,2-9H3;9-19,32-35,38,48H,20-21,23-25H2,1-8H3/t35-,36?,37-,38-,41-;32-,33?,34-,35-,38-/m00/s1. The molecule has 113 heavy (non-hydrogen) atoms. The highest BCUT2D eigenvalue weighted by atomic mass is 28.4. The molecular weight excluding hydrogens is 1460 g/mol. The summed E-state index contributed by atoms with van der Waals surface area (Å²) in [6.07, 6.45) is 4.11. The van der Waals surface area contributed by atoms with Crippen LogP contribution in [0.4, 0.5) is 0 Å². The molecule has 8 aromatic rings. The Morgan fingerprint density at radius 2 is 0.858 bits per heavy atom. The maximum atomic E-state index is 12.1. The van der Waals surface area contributed by atoms with Gasteiger partial charge in [0.05, 0.1) is 63.7 Å². The number of ether oxygens (including phenoxy) is 11. The third-order valence-corrected chi connectivity index (χ3v) is 35.3. The molecule has 0 aliphatic carbocycles. The van der Waals surface area contributed by atoms with Crippen molar-refractivity contribution >= 4 is 37.4 Å². The molecular formula is C91H106N6O14Si2. The molecule has 20 nitrogen and oxygen atoms in total. The van der Waals surface area contributed by atoms with E-state index in [1.165, 1.54) is 20.7 Å². The Morgan fingerprint density at radius 1 is 0.487 bits per heavy atom. The smallest absolute Gasteiger partial charge is 0.261 e. The highest BCUT2D eigenvalue weighted by Crippen LogP contribution is 2.62. The number of piperazine rings is 2. The first kappa shape index (κ1) is 78.9. The first-order chi connectivity index (χ1) is 54.5. The van der Waals surface area contributed by atoms with Gasteiger partial charge in [-0.2, -0.15) is 10.5 Å². The highest BCUT2D eigenvalue weighted by molar-refractivity contribution is 7.00. The summed E-state index contributed by atoms with van der Waals surface area (Å²) in [7, 11) is 4.77. The average molecular weight is 1560 g/mol. The summed E-state index contributed by atoms with van der Waals surface area (Å²) in [5.41, 5.74) is 11.5. The molecule has 1 N–H and O–H groups in total. The van der Waals surface area contributed by atoms with Gasteiger partial charge in [-0.25, -0.2) is 0 Å². The number of methoxy groups -OCH3 is 4. The second-order valence-electron chi connectivity index (χ2n) is 33.1. The van der Waals surface area contributed by atoms with Gasteiger partial charge in [0.2, 0.25) is 13.6 Å². The maximum Gasteiger partial charge on any atom is 0.261 e. The number of nitriles is 2. The molecule has 8 aliphatic heterocycles. The van der Waals surface area contributed by atoms with Gasteiger partial charge in [-0.3, -0.25) is 19.6 Å². The van der Waals surface area contributed by atoms with Crippen LogP contribution in [0.3, 0.4) is 0 Å². The van der Waals surface area contributed by atoms with Crippen LogP contribution >= 0.6 is 0 Å². The van der Waals surface area contributed by atoms with Crippen LogP contribution in [0.15, 0.2) is 146 Å². The molecule has 10 atom stereocenters. The summed E-state index contributed by atoms with van der Waals surface area (Å²) < 4.78 is 83.0. The summed E-state index contributed by atoms with van der Waals surface area (Å²) >= 11 is 0. The second kappa shape index (κ2) is 31.4. The number of fused-ring (bicyclic) bond motifs is 18. The van der Waals surface area contributed by atoms with E-state index in [4.69, 9.17) is 61.0 Å². The molecule has 0 radical (unpaired) electrons. The van der Waals surface area contributed by atoms with Gasteiger partial charge in [0, 0.05) is 82.9 Å². The molecule has 592 valence electrons. The Morgan fingerprint density at radius 3 is 1.22 bits per heavy atom. The van der Waals surface area contributed by atoms with Gasteiger partial charge < -0.3 is 66.1 Å². The normalized spacial score (nSPS) is 22.6. The third kappa shape index (κ3) is 12.8. The lowest BCUT2D eigenvalue weighted by atomic mass is 9.71. The predicted molar refractivity (Wildman–Crippen MR) is 439 cm³/mol. The number of benzene rings is 8. The Labute approximate surface area is 667 Å². The number of phenols is 1. The van der Waals surface area contributed by atoms with Crippen molar-refractivity contribution in [3.05, 3.63) is 213 Å². The third-order valence-electron chi connectivity index (χ3n) is 25.3. The van der Waals surface area contributed by atoms with Crippen molar-refractivity contribution in [3.8, 4) is 69.6 Å². The molecule has 0 saturated carbocycles. The van der Waals surface area contributed by atoms with E-state index in [1.807, 2.05) is 39.8 Å². The van der Waals surface area contributed by atoms with Gasteiger partial charge in [0.1, 0.15) is 30.2 Å². The zero-order valence-corrected chi connectivity index (χ0v) is 70.0. The number of hydrogen-bond donors (Lipinski definition) is 1.